The second-order valence-electron chi connectivity index (χ2n) is 6.11. The first-order valence-corrected chi connectivity index (χ1v) is 7.94. The molecule has 1 heterocycles. The van der Waals surface area contributed by atoms with Crippen molar-refractivity contribution in [2.45, 2.75) is 25.2 Å². The third kappa shape index (κ3) is 4.40. The number of hydrogen-bond acceptors (Lipinski definition) is 2. The molecule has 1 saturated heterocycles. The number of halogens is 1. The van der Waals surface area contributed by atoms with Gasteiger partial charge >= 0.3 is 0 Å². The average molecular weight is 310 g/mol. The lowest BCUT2D eigenvalue weighted by Gasteiger charge is -2.37. The van der Waals surface area contributed by atoms with Crippen molar-refractivity contribution < 1.29 is 4.39 Å². The number of benzene rings is 1. The molecule has 0 atom stereocenters. The minimum Gasteiger partial charge on any atom is -0.299 e. The van der Waals surface area contributed by atoms with Crippen molar-refractivity contribution in [1.82, 2.24) is 4.90 Å². The maximum absolute atomic E-state index is 13.1. The highest BCUT2D eigenvalue weighted by Crippen LogP contribution is 2.35. The Balaban J connectivity index is 2.00. The predicted octanol–water partition coefficient (Wildman–Crippen LogP) is 4.37. The molecule has 0 unspecified atom stereocenters. The highest BCUT2D eigenvalue weighted by atomic mass is 19.1. The van der Waals surface area contributed by atoms with Crippen LogP contribution >= 0.6 is 0 Å². The van der Waals surface area contributed by atoms with Crippen molar-refractivity contribution in [2.24, 2.45) is 0 Å². The molecule has 120 valence electrons. The monoisotopic (exact) mass is 310 g/mol. The van der Waals surface area contributed by atoms with Crippen LogP contribution in [0.1, 0.15) is 25.3 Å². The summed E-state index contributed by atoms with van der Waals surface area (Å²) in [5, 5.41) is 9.68. The molecule has 2 rings (SSSR count). The lowest BCUT2D eigenvalue weighted by molar-refractivity contribution is 0.199. The largest absolute Gasteiger partial charge is 0.299 e. The molecule has 3 heteroatoms. The first-order chi connectivity index (χ1) is 11.1. The van der Waals surface area contributed by atoms with Gasteiger partial charge in [-0.25, -0.2) is 4.39 Å². The van der Waals surface area contributed by atoms with Crippen LogP contribution in [0.5, 0.6) is 0 Å². The summed E-state index contributed by atoms with van der Waals surface area (Å²) in [6.07, 6.45) is 9.32. The van der Waals surface area contributed by atoms with Crippen LogP contribution in [0.4, 0.5) is 4.39 Å². The number of allylic oxidation sites excluding steroid dienone is 4. The maximum Gasteiger partial charge on any atom is 0.123 e. The fourth-order valence-corrected chi connectivity index (χ4v) is 3.03. The number of hydrogen-bond donors (Lipinski definition) is 0. The highest BCUT2D eigenvalue weighted by Gasteiger charge is 2.36. The Morgan fingerprint density at radius 1 is 1.30 bits per heavy atom. The van der Waals surface area contributed by atoms with Gasteiger partial charge in [-0.15, -0.1) is 0 Å². The lowest BCUT2D eigenvalue weighted by atomic mass is 9.74. The van der Waals surface area contributed by atoms with Crippen molar-refractivity contribution in [3.05, 3.63) is 72.1 Å². The predicted molar refractivity (Wildman–Crippen MR) is 92.5 cm³/mol. The van der Waals surface area contributed by atoms with Crippen LogP contribution in [-0.2, 0) is 5.41 Å². The van der Waals surface area contributed by atoms with Crippen molar-refractivity contribution in [2.75, 3.05) is 19.6 Å². The summed E-state index contributed by atoms with van der Waals surface area (Å²) in [5.74, 6) is -0.257. The van der Waals surface area contributed by atoms with Crippen molar-refractivity contribution in [3.8, 4) is 6.07 Å². The first kappa shape index (κ1) is 17.2. The molecule has 1 aliphatic rings. The third-order valence-electron chi connectivity index (χ3n) is 4.42. The minimum absolute atomic E-state index is 0.257. The van der Waals surface area contributed by atoms with Crippen LogP contribution < -0.4 is 0 Å². The number of nitriles is 1. The molecule has 1 aromatic rings. The fraction of sp³-hybridized carbons (Fsp3) is 0.350. The lowest BCUT2D eigenvalue weighted by Crippen LogP contribution is -2.42. The molecule has 0 saturated carbocycles. The molecular weight excluding hydrogens is 287 g/mol. The van der Waals surface area contributed by atoms with Crippen molar-refractivity contribution in [3.63, 3.8) is 0 Å². The molecule has 0 spiro atoms. The highest BCUT2D eigenvalue weighted by molar-refractivity contribution is 5.33. The summed E-state index contributed by atoms with van der Waals surface area (Å²) in [5.41, 5.74) is 1.74. The second kappa shape index (κ2) is 7.89. The van der Waals surface area contributed by atoms with Gasteiger partial charge in [-0.2, -0.15) is 5.26 Å². The van der Waals surface area contributed by atoms with E-state index in [0.717, 1.165) is 38.0 Å². The fourth-order valence-electron chi connectivity index (χ4n) is 3.03. The molecule has 2 nitrogen and oxygen atoms in total. The molecule has 1 aliphatic heterocycles. The van der Waals surface area contributed by atoms with Crippen LogP contribution in [0.2, 0.25) is 0 Å². The second-order valence-corrected chi connectivity index (χ2v) is 6.11. The molecule has 0 bridgehead atoms. The zero-order chi connectivity index (χ0) is 16.7. The SMILES string of the molecule is C=C/C=C\C=C(/C)CN1CCC(C#N)(c2ccc(F)cc2)CC1. The zero-order valence-electron chi connectivity index (χ0n) is 13.6. The van der Waals surface area contributed by atoms with E-state index in [1.165, 1.54) is 17.7 Å². The Kier molecular flexibility index (Phi) is 5.90. The number of rotatable bonds is 5. The topological polar surface area (TPSA) is 27.0 Å². The molecule has 0 N–H and O–H groups in total. The molecule has 0 aliphatic carbocycles. The zero-order valence-corrected chi connectivity index (χ0v) is 13.6. The molecule has 1 aromatic carbocycles. The van der Waals surface area contributed by atoms with Gasteiger partial charge in [0.25, 0.3) is 0 Å². The Bertz CT molecular complexity index is 627. The first-order valence-electron chi connectivity index (χ1n) is 7.94. The van der Waals surface area contributed by atoms with Gasteiger partial charge in [-0.05, 0) is 37.5 Å². The third-order valence-corrected chi connectivity index (χ3v) is 4.42. The van der Waals surface area contributed by atoms with E-state index in [1.807, 2.05) is 12.2 Å². The molecule has 0 aromatic heterocycles. The van der Waals surface area contributed by atoms with E-state index in [4.69, 9.17) is 0 Å². The van der Waals surface area contributed by atoms with E-state index in [2.05, 4.69) is 30.5 Å². The molecule has 0 amide bonds. The van der Waals surface area contributed by atoms with Crippen LogP contribution in [0.15, 0.2) is 60.7 Å². The minimum atomic E-state index is -0.482. The van der Waals surface area contributed by atoms with Gasteiger partial charge < -0.3 is 0 Å². The van der Waals surface area contributed by atoms with Gasteiger partial charge in [-0.3, -0.25) is 4.90 Å². The molecular formula is C20H23FN2. The summed E-state index contributed by atoms with van der Waals surface area (Å²) in [6, 6.07) is 8.87. The van der Waals surface area contributed by atoms with Gasteiger partial charge in [0.1, 0.15) is 5.82 Å². The number of nitrogens with zero attached hydrogens (tertiary/aromatic N) is 2. The standard InChI is InChI=1S/C20H23FN2/c1-3-4-5-6-17(2)15-23-13-11-20(16-22,12-14-23)18-7-9-19(21)10-8-18/h3-10H,1,11-15H2,2H3/b5-4-,17-6+. The van der Waals surface area contributed by atoms with E-state index in [9.17, 15) is 9.65 Å². The van der Waals surface area contributed by atoms with Crippen molar-refractivity contribution in [1.29, 1.82) is 5.26 Å². The Morgan fingerprint density at radius 2 is 1.96 bits per heavy atom. The van der Waals surface area contributed by atoms with Gasteiger partial charge in [0, 0.05) is 19.6 Å². The van der Waals surface area contributed by atoms with Crippen LogP contribution in [0.3, 0.4) is 0 Å². The van der Waals surface area contributed by atoms with Gasteiger partial charge in [0.2, 0.25) is 0 Å². The number of likely N-dealkylation sites (tertiary alicyclic amines) is 1. The molecule has 23 heavy (non-hydrogen) atoms. The molecule has 1 fully saturated rings. The quantitative estimate of drug-likeness (QED) is 0.755. The summed E-state index contributed by atoms with van der Waals surface area (Å²) in [6.45, 7) is 8.42. The van der Waals surface area contributed by atoms with E-state index in [0.29, 0.717) is 0 Å². The van der Waals surface area contributed by atoms with Crippen molar-refractivity contribution >= 4 is 0 Å². The average Bonchev–Trinajstić information content (AvgIpc) is 2.57. The van der Waals surface area contributed by atoms with Crippen LogP contribution in [-0.4, -0.2) is 24.5 Å². The summed E-state index contributed by atoms with van der Waals surface area (Å²) in [4.78, 5) is 2.37. The summed E-state index contributed by atoms with van der Waals surface area (Å²) in [7, 11) is 0. The Morgan fingerprint density at radius 3 is 2.52 bits per heavy atom. The summed E-state index contributed by atoms with van der Waals surface area (Å²) >= 11 is 0. The Hall–Kier alpha value is -2.18. The van der Waals surface area contributed by atoms with Gasteiger partial charge in [0.15, 0.2) is 0 Å². The summed E-state index contributed by atoms with van der Waals surface area (Å²) < 4.78 is 13.1. The van der Waals surface area contributed by atoms with E-state index in [-0.39, 0.29) is 5.82 Å². The smallest absolute Gasteiger partial charge is 0.123 e. The Labute approximate surface area is 138 Å². The maximum atomic E-state index is 13.1. The van der Waals surface area contributed by atoms with Crippen LogP contribution in [0, 0.1) is 17.1 Å². The number of piperidine rings is 1. The normalized spacial score (nSPS) is 18.7. The van der Waals surface area contributed by atoms with E-state index >= 15 is 0 Å². The van der Waals surface area contributed by atoms with Crippen LogP contribution in [0.25, 0.3) is 0 Å². The molecule has 0 radical (unpaired) electrons. The van der Waals surface area contributed by atoms with Gasteiger partial charge in [0.05, 0.1) is 11.5 Å². The van der Waals surface area contributed by atoms with Gasteiger partial charge in [-0.1, -0.05) is 48.6 Å². The van der Waals surface area contributed by atoms with E-state index < -0.39 is 5.41 Å². The van der Waals surface area contributed by atoms with E-state index in [1.54, 1.807) is 18.2 Å².